The van der Waals surface area contributed by atoms with Gasteiger partial charge in [0.25, 0.3) is 5.91 Å². The monoisotopic (exact) mass is 342 g/mol. The van der Waals surface area contributed by atoms with Gasteiger partial charge in [-0.3, -0.25) is 14.5 Å². The van der Waals surface area contributed by atoms with Crippen LogP contribution in [0.4, 0.5) is 4.79 Å². The number of imide groups is 1. The third-order valence-electron chi connectivity index (χ3n) is 5.93. The number of amides is 3. The van der Waals surface area contributed by atoms with Gasteiger partial charge >= 0.3 is 6.03 Å². The Hall–Kier alpha value is -2.17. The zero-order valence-corrected chi connectivity index (χ0v) is 15.5. The molecule has 5 heteroatoms. The molecule has 1 aliphatic carbocycles. The molecule has 134 valence electrons. The Bertz CT molecular complexity index is 748. The van der Waals surface area contributed by atoms with Crippen LogP contribution in [0.15, 0.2) is 12.1 Å². The Labute approximate surface area is 149 Å². The quantitative estimate of drug-likeness (QED) is 0.625. The number of hydrogen-bond donors (Lipinski definition) is 0. The minimum absolute atomic E-state index is 0.174. The fourth-order valence-corrected chi connectivity index (χ4v) is 4.16. The van der Waals surface area contributed by atoms with Gasteiger partial charge in [-0.25, -0.2) is 4.79 Å². The molecule has 0 radical (unpaired) electrons. The van der Waals surface area contributed by atoms with Gasteiger partial charge in [-0.1, -0.05) is 25.3 Å². The van der Waals surface area contributed by atoms with Crippen LogP contribution in [0, 0.1) is 20.8 Å². The Morgan fingerprint density at radius 1 is 1.00 bits per heavy atom. The standard InChI is InChI=1S/C20H26N2O3/c1-13-10-15(3)16(11-14(13)2)17(23)12-22-18(24)20(21(4)19(22)25)8-6-5-7-9-20/h10-11H,5-9,12H2,1-4H3. The van der Waals surface area contributed by atoms with E-state index in [4.69, 9.17) is 0 Å². The minimum Gasteiger partial charge on any atom is -0.313 e. The molecule has 1 saturated carbocycles. The molecule has 1 saturated heterocycles. The van der Waals surface area contributed by atoms with Crippen molar-refractivity contribution in [2.45, 2.75) is 58.4 Å². The Balaban J connectivity index is 1.85. The highest BCUT2D eigenvalue weighted by atomic mass is 16.2. The highest BCUT2D eigenvalue weighted by Crippen LogP contribution is 2.39. The Kier molecular flexibility index (Phi) is 4.43. The van der Waals surface area contributed by atoms with Gasteiger partial charge in [0.15, 0.2) is 5.78 Å². The lowest BCUT2D eigenvalue weighted by atomic mass is 9.80. The maximum Gasteiger partial charge on any atom is 0.327 e. The van der Waals surface area contributed by atoms with Crippen molar-refractivity contribution in [3.8, 4) is 0 Å². The second kappa shape index (κ2) is 6.28. The molecule has 25 heavy (non-hydrogen) atoms. The first-order valence-corrected chi connectivity index (χ1v) is 8.99. The predicted molar refractivity (Wildman–Crippen MR) is 95.7 cm³/mol. The molecule has 2 fully saturated rings. The SMILES string of the molecule is Cc1cc(C)c(C(=O)CN2C(=O)N(C)C3(CCCCC3)C2=O)cc1C. The molecule has 0 aromatic heterocycles. The highest BCUT2D eigenvalue weighted by molar-refractivity contribution is 6.11. The first-order valence-electron chi connectivity index (χ1n) is 8.99. The fraction of sp³-hybridized carbons (Fsp3) is 0.550. The molecule has 1 aromatic rings. The van der Waals surface area contributed by atoms with E-state index < -0.39 is 5.54 Å². The van der Waals surface area contributed by atoms with E-state index in [0.29, 0.717) is 18.4 Å². The number of urea groups is 1. The van der Waals surface area contributed by atoms with Crippen molar-refractivity contribution < 1.29 is 14.4 Å². The van der Waals surface area contributed by atoms with Crippen molar-refractivity contribution in [3.05, 3.63) is 34.4 Å². The van der Waals surface area contributed by atoms with Crippen molar-refractivity contribution in [2.75, 3.05) is 13.6 Å². The number of rotatable bonds is 3. The number of Topliss-reactive ketones (excluding diaryl/α,β-unsaturated/α-hetero) is 1. The lowest BCUT2D eigenvalue weighted by Crippen LogP contribution is -2.49. The lowest BCUT2D eigenvalue weighted by molar-refractivity contribution is -0.134. The molecule has 1 heterocycles. The highest BCUT2D eigenvalue weighted by Gasteiger charge is 2.55. The van der Waals surface area contributed by atoms with Gasteiger partial charge in [0.1, 0.15) is 5.54 Å². The third kappa shape index (κ3) is 2.75. The molecule has 5 nitrogen and oxygen atoms in total. The second-order valence-corrected chi connectivity index (χ2v) is 7.50. The summed E-state index contributed by atoms with van der Waals surface area (Å²) >= 11 is 0. The van der Waals surface area contributed by atoms with Crippen LogP contribution in [0.3, 0.4) is 0 Å². The summed E-state index contributed by atoms with van der Waals surface area (Å²) in [6.07, 6.45) is 4.38. The van der Waals surface area contributed by atoms with E-state index in [1.54, 1.807) is 11.9 Å². The average molecular weight is 342 g/mol. The lowest BCUT2D eigenvalue weighted by Gasteiger charge is -2.35. The molecule has 2 aliphatic rings. The first kappa shape index (κ1) is 17.6. The van der Waals surface area contributed by atoms with Crippen LogP contribution in [0.2, 0.25) is 0 Å². The number of benzene rings is 1. The van der Waals surface area contributed by atoms with Crippen LogP contribution in [0.1, 0.15) is 59.2 Å². The third-order valence-corrected chi connectivity index (χ3v) is 5.93. The largest absolute Gasteiger partial charge is 0.327 e. The maximum atomic E-state index is 13.0. The molecule has 1 aromatic carbocycles. The van der Waals surface area contributed by atoms with Crippen molar-refractivity contribution in [2.24, 2.45) is 0 Å². The van der Waals surface area contributed by atoms with Crippen LogP contribution in [-0.4, -0.2) is 46.7 Å². The van der Waals surface area contributed by atoms with Crippen LogP contribution in [0.25, 0.3) is 0 Å². The van der Waals surface area contributed by atoms with E-state index >= 15 is 0 Å². The summed E-state index contributed by atoms with van der Waals surface area (Å²) < 4.78 is 0. The maximum absolute atomic E-state index is 13.0. The predicted octanol–water partition coefficient (Wildman–Crippen LogP) is 3.39. The van der Waals surface area contributed by atoms with E-state index in [-0.39, 0.29) is 24.3 Å². The fourth-order valence-electron chi connectivity index (χ4n) is 4.16. The molecule has 0 N–H and O–H groups in total. The summed E-state index contributed by atoms with van der Waals surface area (Å²) in [6, 6.07) is 3.49. The topological polar surface area (TPSA) is 57.7 Å². The number of likely N-dealkylation sites (N-methyl/N-ethyl adjacent to an activating group) is 1. The van der Waals surface area contributed by atoms with Crippen molar-refractivity contribution >= 4 is 17.7 Å². The number of nitrogens with zero attached hydrogens (tertiary/aromatic N) is 2. The number of ketones is 1. The molecule has 3 rings (SSSR count). The van der Waals surface area contributed by atoms with E-state index in [0.717, 1.165) is 40.9 Å². The summed E-state index contributed by atoms with van der Waals surface area (Å²) in [5, 5.41) is 0. The Morgan fingerprint density at radius 3 is 2.24 bits per heavy atom. The zero-order valence-electron chi connectivity index (χ0n) is 15.5. The zero-order chi connectivity index (χ0) is 18.4. The van der Waals surface area contributed by atoms with Crippen LogP contribution >= 0.6 is 0 Å². The number of carbonyl (C=O) groups is 3. The van der Waals surface area contributed by atoms with Gasteiger partial charge in [0.2, 0.25) is 0 Å². The van der Waals surface area contributed by atoms with Gasteiger partial charge in [-0.05, 0) is 56.4 Å². The summed E-state index contributed by atoms with van der Waals surface area (Å²) in [6.45, 7) is 5.68. The van der Waals surface area contributed by atoms with Crippen molar-refractivity contribution in [3.63, 3.8) is 0 Å². The van der Waals surface area contributed by atoms with E-state index in [1.807, 2.05) is 32.9 Å². The molecule has 1 spiro atoms. The second-order valence-electron chi connectivity index (χ2n) is 7.50. The van der Waals surface area contributed by atoms with Crippen LogP contribution in [0.5, 0.6) is 0 Å². The first-order chi connectivity index (χ1) is 11.8. The molecule has 0 atom stereocenters. The van der Waals surface area contributed by atoms with Crippen molar-refractivity contribution in [1.82, 2.24) is 9.80 Å². The van der Waals surface area contributed by atoms with Crippen LogP contribution < -0.4 is 0 Å². The smallest absolute Gasteiger partial charge is 0.313 e. The van der Waals surface area contributed by atoms with Gasteiger partial charge in [-0.2, -0.15) is 0 Å². The van der Waals surface area contributed by atoms with Crippen molar-refractivity contribution in [1.29, 1.82) is 0 Å². The molecule has 1 aliphatic heterocycles. The number of hydrogen-bond acceptors (Lipinski definition) is 3. The van der Waals surface area contributed by atoms with Gasteiger partial charge in [0.05, 0.1) is 6.54 Å². The summed E-state index contributed by atoms with van der Waals surface area (Å²) in [7, 11) is 1.69. The molecule has 0 unspecified atom stereocenters. The number of aryl methyl sites for hydroxylation is 3. The van der Waals surface area contributed by atoms with Crippen LogP contribution in [-0.2, 0) is 4.79 Å². The van der Waals surface area contributed by atoms with Gasteiger partial charge in [-0.15, -0.1) is 0 Å². The molecule has 0 bridgehead atoms. The van der Waals surface area contributed by atoms with Gasteiger partial charge in [0, 0.05) is 12.6 Å². The summed E-state index contributed by atoms with van der Waals surface area (Å²) in [4.78, 5) is 41.1. The van der Waals surface area contributed by atoms with E-state index in [2.05, 4.69) is 0 Å². The van der Waals surface area contributed by atoms with E-state index in [1.165, 1.54) is 0 Å². The van der Waals surface area contributed by atoms with Gasteiger partial charge < -0.3 is 4.90 Å². The number of carbonyl (C=O) groups excluding carboxylic acids is 3. The normalized spacial score (nSPS) is 19.8. The summed E-state index contributed by atoms with van der Waals surface area (Å²) in [5.74, 6) is -0.377. The molecular formula is C20H26N2O3. The average Bonchev–Trinajstić information content (AvgIpc) is 2.75. The molecule has 3 amide bonds. The Morgan fingerprint density at radius 2 is 1.60 bits per heavy atom. The molecular weight excluding hydrogens is 316 g/mol. The summed E-state index contributed by atoms with van der Waals surface area (Å²) in [5.41, 5.74) is 2.91. The van der Waals surface area contributed by atoms with E-state index in [9.17, 15) is 14.4 Å². The minimum atomic E-state index is -0.728.